The molecule has 0 spiro atoms. The summed E-state index contributed by atoms with van der Waals surface area (Å²) in [6.45, 7) is 4.93. The molecule has 0 fully saturated rings. The Hall–Kier alpha value is -2.04. The molecule has 17 heavy (non-hydrogen) atoms. The number of aromatic nitrogens is 4. The second-order valence-electron chi connectivity index (χ2n) is 3.77. The smallest absolute Gasteiger partial charge is 0.223 e. The van der Waals surface area contributed by atoms with Crippen LogP contribution < -0.4 is 5.32 Å². The normalized spacial score (nSPS) is 10.2. The van der Waals surface area contributed by atoms with Crippen LogP contribution in [-0.2, 0) is 0 Å². The first-order valence-corrected chi connectivity index (χ1v) is 5.64. The Kier molecular flexibility index (Phi) is 3.59. The van der Waals surface area contributed by atoms with E-state index in [4.69, 9.17) is 0 Å². The highest BCUT2D eigenvalue weighted by atomic mass is 15.1. The van der Waals surface area contributed by atoms with E-state index in [9.17, 15) is 0 Å². The van der Waals surface area contributed by atoms with E-state index < -0.39 is 0 Å². The first-order valence-electron chi connectivity index (χ1n) is 5.64. The molecule has 0 radical (unpaired) electrons. The second kappa shape index (κ2) is 5.34. The van der Waals surface area contributed by atoms with Crippen LogP contribution in [0.5, 0.6) is 0 Å². The summed E-state index contributed by atoms with van der Waals surface area (Å²) in [4.78, 5) is 16.8. The molecule has 2 heterocycles. The van der Waals surface area contributed by atoms with Crippen molar-refractivity contribution in [3.8, 4) is 11.3 Å². The Morgan fingerprint density at radius 3 is 2.65 bits per heavy atom. The summed E-state index contributed by atoms with van der Waals surface area (Å²) in [7, 11) is 0. The van der Waals surface area contributed by atoms with Gasteiger partial charge in [0.25, 0.3) is 0 Å². The van der Waals surface area contributed by atoms with Gasteiger partial charge in [-0.1, -0.05) is 6.92 Å². The van der Waals surface area contributed by atoms with Crippen molar-refractivity contribution in [3.63, 3.8) is 0 Å². The Bertz CT molecular complexity index is 484. The molecule has 0 aliphatic carbocycles. The molecule has 0 bridgehead atoms. The zero-order valence-electron chi connectivity index (χ0n) is 10.0. The average Bonchev–Trinajstić information content (AvgIpc) is 2.37. The summed E-state index contributed by atoms with van der Waals surface area (Å²) in [5.74, 6) is 0.658. The fraction of sp³-hybridized carbons (Fsp3) is 0.333. The van der Waals surface area contributed by atoms with Crippen molar-refractivity contribution < 1.29 is 0 Å². The molecule has 0 aliphatic heterocycles. The molecule has 2 rings (SSSR count). The third-order valence-corrected chi connectivity index (χ3v) is 2.24. The van der Waals surface area contributed by atoms with Gasteiger partial charge in [0.05, 0.1) is 5.69 Å². The minimum atomic E-state index is 0.658. The van der Waals surface area contributed by atoms with Gasteiger partial charge in [-0.2, -0.15) is 0 Å². The van der Waals surface area contributed by atoms with Crippen LogP contribution in [0.15, 0.2) is 24.8 Å². The molecule has 88 valence electrons. The van der Waals surface area contributed by atoms with E-state index in [1.165, 1.54) is 6.33 Å². The van der Waals surface area contributed by atoms with Crippen LogP contribution in [0.1, 0.15) is 19.0 Å². The van der Waals surface area contributed by atoms with E-state index in [0.29, 0.717) is 5.95 Å². The topological polar surface area (TPSA) is 63.6 Å². The Morgan fingerprint density at radius 1 is 1.18 bits per heavy atom. The van der Waals surface area contributed by atoms with Crippen molar-refractivity contribution in [2.45, 2.75) is 20.3 Å². The van der Waals surface area contributed by atoms with Gasteiger partial charge >= 0.3 is 0 Å². The lowest BCUT2D eigenvalue weighted by molar-refractivity contribution is 0.947. The summed E-state index contributed by atoms with van der Waals surface area (Å²) in [6, 6.07) is 1.93. The number of hydrogen-bond donors (Lipinski definition) is 1. The number of nitrogens with one attached hydrogen (secondary N) is 1. The lowest BCUT2D eigenvalue weighted by Gasteiger charge is -2.06. The van der Waals surface area contributed by atoms with E-state index in [1.807, 2.05) is 13.0 Å². The summed E-state index contributed by atoms with van der Waals surface area (Å²) in [6.07, 6.45) is 6.05. The Balaban J connectivity index is 2.32. The monoisotopic (exact) mass is 229 g/mol. The van der Waals surface area contributed by atoms with Crippen molar-refractivity contribution in [2.24, 2.45) is 0 Å². The van der Waals surface area contributed by atoms with Crippen LogP contribution in [0.2, 0.25) is 0 Å². The third-order valence-electron chi connectivity index (χ3n) is 2.24. The van der Waals surface area contributed by atoms with Crippen LogP contribution in [0.3, 0.4) is 0 Å². The van der Waals surface area contributed by atoms with E-state index in [-0.39, 0.29) is 0 Å². The summed E-state index contributed by atoms with van der Waals surface area (Å²) >= 11 is 0. The molecule has 0 aromatic carbocycles. The van der Waals surface area contributed by atoms with Crippen LogP contribution in [0.25, 0.3) is 11.3 Å². The molecule has 0 atom stereocenters. The van der Waals surface area contributed by atoms with Crippen LogP contribution >= 0.6 is 0 Å². The first-order chi connectivity index (χ1) is 8.29. The fourth-order valence-electron chi connectivity index (χ4n) is 1.46. The Morgan fingerprint density at radius 2 is 1.94 bits per heavy atom. The molecule has 0 saturated carbocycles. The van der Waals surface area contributed by atoms with Gasteiger partial charge < -0.3 is 5.32 Å². The molecule has 0 saturated heterocycles. The van der Waals surface area contributed by atoms with Gasteiger partial charge in [0.2, 0.25) is 5.95 Å². The molecule has 5 heteroatoms. The maximum Gasteiger partial charge on any atom is 0.223 e. The van der Waals surface area contributed by atoms with Gasteiger partial charge in [-0.15, -0.1) is 0 Å². The maximum absolute atomic E-state index is 4.44. The Labute approximate surface area is 100 Å². The molecule has 2 aromatic heterocycles. The lowest BCUT2D eigenvalue weighted by atomic mass is 10.2. The lowest BCUT2D eigenvalue weighted by Crippen LogP contribution is -2.05. The molecule has 0 amide bonds. The highest BCUT2D eigenvalue weighted by Gasteiger charge is 2.04. The van der Waals surface area contributed by atoms with Crippen molar-refractivity contribution in [1.29, 1.82) is 0 Å². The molecule has 0 aliphatic rings. The molecule has 5 nitrogen and oxygen atoms in total. The van der Waals surface area contributed by atoms with Gasteiger partial charge in [0.15, 0.2) is 0 Å². The third kappa shape index (κ3) is 2.96. The average molecular weight is 229 g/mol. The summed E-state index contributed by atoms with van der Waals surface area (Å²) in [5.41, 5.74) is 2.67. The van der Waals surface area contributed by atoms with Gasteiger partial charge in [0.1, 0.15) is 6.33 Å². The summed E-state index contributed by atoms with van der Waals surface area (Å²) < 4.78 is 0. The quantitative estimate of drug-likeness (QED) is 0.869. The van der Waals surface area contributed by atoms with E-state index in [0.717, 1.165) is 29.9 Å². The standard InChI is InChI=1S/C12H15N5/c1-3-4-15-12-16-9(2)5-11(17-12)10-6-13-8-14-7-10/h5-8H,3-4H2,1-2H3,(H,15,16,17). The van der Waals surface area contributed by atoms with Gasteiger partial charge in [-0.25, -0.2) is 19.9 Å². The van der Waals surface area contributed by atoms with Gasteiger partial charge in [-0.05, 0) is 19.4 Å². The SMILES string of the molecule is CCCNc1nc(C)cc(-c2cncnc2)n1. The second-order valence-corrected chi connectivity index (χ2v) is 3.77. The number of nitrogens with zero attached hydrogens (tertiary/aromatic N) is 4. The minimum absolute atomic E-state index is 0.658. The van der Waals surface area contributed by atoms with Crippen molar-refractivity contribution >= 4 is 5.95 Å². The van der Waals surface area contributed by atoms with Crippen molar-refractivity contribution in [1.82, 2.24) is 19.9 Å². The van der Waals surface area contributed by atoms with Crippen molar-refractivity contribution in [2.75, 3.05) is 11.9 Å². The van der Waals surface area contributed by atoms with E-state index >= 15 is 0 Å². The number of hydrogen-bond acceptors (Lipinski definition) is 5. The van der Waals surface area contributed by atoms with Crippen LogP contribution in [0.4, 0.5) is 5.95 Å². The number of aryl methyl sites for hydroxylation is 1. The molecular weight excluding hydrogens is 214 g/mol. The number of rotatable bonds is 4. The minimum Gasteiger partial charge on any atom is -0.354 e. The molecule has 2 aromatic rings. The van der Waals surface area contributed by atoms with Crippen LogP contribution in [0, 0.1) is 6.92 Å². The number of anilines is 1. The predicted octanol–water partition coefficient (Wildman–Crippen LogP) is 2.06. The molecule has 0 unspecified atom stereocenters. The highest BCUT2D eigenvalue weighted by Crippen LogP contribution is 2.16. The van der Waals surface area contributed by atoms with Gasteiger partial charge in [-0.3, -0.25) is 0 Å². The summed E-state index contributed by atoms with van der Waals surface area (Å²) in [5, 5.41) is 3.18. The molecule has 1 N–H and O–H groups in total. The van der Waals surface area contributed by atoms with E-state index in [1.54, 1.807) is 12.4 Å². The maximum atomic E-state index is 4.44. The van der Waals surface area contributed by atoms with Crippen molar-refractivity contribution in [3.05, 3.63) is 30.5 Å². The van der Waals surface area contributed by atoms with Gasteiger partial charge in [0, 0.05) is 30.2 Å². The van der Waals surface area contributed by atoms with E-state index in [2.05, 4.69) is 32.2 Å². The zero-order valence-corrected chi connectivity index (χ0v) is 10.0. The largest absolute Gasteiger partial charge is 0.354 e. The van der Waals surface area contributed by atoms with Crippen LogP contribution in [-0.4, -0.2) is 26.5 Å². The fourth-order valence-corrected chi connectivity index (χ4v) is 1.46. The highest BCUT2D eigenvalue weighted by molar-refractivity contribution is 5.58. The first kappa shape index (κ1) is 11.4. The molecular formula is C12H15N5. The zero-order chi connectivity index (χ0) is 12.1. The predicted molar refractivity (Wildman–Crippen MR) is 66.6 cm³/mol.